The molecule has 1 atom stereocenters. The zero-order valence-electron chi connectivity index (χ0n) is 14.3. The first-order valence-electron chi connectivity index (χ1n) is 8.12. The molecule has 0 fully saturated rings. The van der Waals surface area contributed by atoms with Crippen LogP contribution in [-0.4, -0.2) is 20.8 Å². The monoisotopic (exact) mass is 335 g/mol. The lowest BCUT2D eigenvalue weighted by Crippen LogP contribution is -2.28. The fourth-order valence-electron chi connectivity index (χ4n) is 2.80. The van der Waals surface area contributed by atoms with E-state index < -0.39 is 5.60 Å². The van der Waals surface area contributed by atoms with Crippen molar-refractivity contribution in [1.29, 1.82) is 0 Å². The van der Waals surface area contributed by atoms with Gasteiger partial charge in [-0.05, 0) is 12.5 Å². The third kappa shape index (κ3) is 3.95. The molecule has 0 radical (unpaired) electrons. The van der Waals surface area contributed by atoms with Crippen molar-refractivity contribution in [3.63, 3.8) is 0 Å². The van der Waals surface area contributed by atoms with Gasteiger partial charge < -0.3 is 10.4 Å². The van der Waals surface area contributed by atoms with Gasteiger partial charge in [-0.1, -0.05) is 60.7 Å². The molecule has 0 saturated carbocycles. The minimum absolute atomic E-state index is 0.0415. The third-order valence-corrected chi connectivity index (χ3v) is 4.05. The molecule has 1 aromatic heterocycles. The maximum atomic E-state index is 12.5. The summed E-state index contributed by atoms with van der Waals surface area (Å²) in [5, 5.41) is 17.9. The summed E-state index contributed by atoms with van der Waals surface area (Å²) >= 11 is 0. The first-order chi connectivity index (χ1) is 12.0. The van der Waals surface area contributed by atoms with Crippen molar-refractivity contribution in [1.82, 2.24) is 9.78 Å². The fourth-order valence-corrected chi connectivity index (χ4v) is 2.80. The van der Waals surface area contributed by atoms with Crippen LogP contribution in [0.3, 0.4) is 0 Å². The summed E-state index contributed by atoms with van der Waals surface area (Å²) in [6, 6.07) is 18.9. The summed E-state index contributed by atoms with van der Waals surface area (Å²) in [6.07, 6.45) is 1.72. The van der Waals surface area contributed by atoms with E-state index in [4.69, 9.17) is 0 Å². The van der Waals surface area contributed by atoms with Gasteiger partial charge in [-0.25, -0.2) is 0 Å². The second kappa shape index (κ2) is 6.91. The van der Waals surface area contributed by atoms with E-state index in [9.17, 15) is 9.90 Å². The Bertz CT molecular complexity index is 855. The summed E-state index contributed by atoms with van der Waals surface area (Å²) in [5.41, 5.74) is 1.73. The minimum atomic E-state index is -1.24. The summed E-state index contributed by atoms with van der Waals surface area (Å²) in [6.45, 7) is 1.64. The highest BCUT2D eigenvalue weighted by molar-refractivity contribution is 5.95. The van der Waals surface area contributed by atoms with Crippen LogP contribution < -0.4 is 5.32 Å². The highest BCUT2D eigenvalue weighted by Crippen LogP contribution is 2.28. The average molecular weight is 335 g/mol. The normalized spacial score (nSPS) is 13.2. The number of rotatable bonds is 5. The van der Waals surface area contributed by atoms with Crippen LogP contribution in [0.5, 0.6) is 0 Å². The van der Waals surface area contributed by atoms with E-state index in [1.807, 2.05) is 67.7 Å². The zero-order chi connectivity index (χ0) is 17.9. The number of anilines is 1. The Balaban J connectivity index is 1.78. The lowest BCUT2D eigenvalue weighted by atomic mass is 9.92. The third-order valence-electron chi connectivity index (χ3n) is 4.05. The highest BCUT2D eigenvalue weighted by Gasteiger charge is 2.27. The van der Waals surface area contributed by atoms with Gasteiger partial charge >= 0.3 is 0 Å². The van der Waals surface area contributed by atoms with Gasteiger partial charge in [0.15, 0.2) is 0 Å². The Morgan fingerprint density at radius 2 is 1.72 bits per heavy atom. The number of carbonyl (C=O) groups is 1. The molecule has 25 heavy (non-hydrogen) atoms. The van der Waals surface area contributed by atoms with E-state index in [-0.39, 0.29) is 12.3 Å². The summed E-state index contributed by atoms with van der Waals surface area (Å²) < 4.78 is 1.66. The fraction of sp³-hybridized carbons (Fsp3) is 0.200. The Morgan fingerprint density at radius 3 is 2.36 bits per heavy atom. The van der Waals surface area contributed by atoms with Gasteiger partial charge in [0.1, 0.15) is 5.69 Å². The van der Waals surface area contributed by atoms with Crippen molar-refractivity contribution in [2.45, 2.75) is 18.9 Å². The van der Waals surface area contributed by atoms with Crippen LogP contribution in [0, 0.1) is 0 Å². The second-order valence-corrected chi connectivity index (χ2v) is 6.30. The Kier molecular flexibility index (Phi) is 4.67. The average Bonchev–Trinajstić information content (AvgIpc) is 2.96. The molecule has 5 heteroatoms. The number of hydrogen-bond acceptors (Lipinski definition) is 3. The number of aryl methyl sites for hydroxylation is 1. The largest absolute Gasteiger partial charge is 0.385 e. The number of benzene rings is 2. The van der Waals surface area contributed by atoms with Gasteiger partial charge in [0, 0.05) is 18.8 Å². The zero-order valence-corrected chi connectivity index (χ0v) is 14.3. The van der Waals surface area contributed by atoms with E-state index in [0.717, 1.165) is 5.56 Å². The van der Waals surface area contributed by atoms with Crippen LogP contribution in [0.25, 0.3) is 11.3 Å². The van der Waals surface area contributed by atoms with Gasteiger partial charge in [0.05, 0.1) is 17.7 Å². The number of nitrogens with one attached hydrogen (secondary N) is 1. The smallest absolute Gasteiger partial charge is 0.227 e. The maximum Gasteiger partial charge on any atom is 0.227 e. The molecule has 0 aliphatic carbocycles. The van der Waals surface area contributed by atoms with Crippen molar-refractivity contribution >= 4 is 11.6 Å². The van der Waals surface area contributed by atoms with Gasteiger partial charge in [-0.3, -0.25) is 9.48 Å². The molecule has 1 heterocycles. The number of amides is 1. The molecule has 3 rings (SSSR count). The van der Waals surface area contributed by atoms with E-state index in [2.05, 4.69) is 10.4 Å². The molecule has 3 aromatic rings. The molecule has 128 valence electrons. The van der Waals surface area contributed by atoms with Crippen LogP contribution in [0.1, 0.15) is 18.9 Å². The number of hydrogen-bond donors (Lipinski definition) is 2. The number of carbonyl (C=O) groups excluding carboxylic acids is 1. The van der Waals surface area contributed by atoms with Crippen LogP contribution >= 0.6 is 0 Å². The standard InChI is InChI=1S/C20H21N3O2/c1-20(25,16-11-7-4-8-12-16)13-18(24)21-17-14-23(2)22-19(17)15-9-5-3-6-10-15/h3-12,14,25H,13H2,1-2H3,(H,21,24). The molecule has 5 nitrogen and oxygen atoms in total. The van der Waals surface area contributed by atoms with Crippen molar-refractivity contribution in [2.24, 2.45) is 7.05 Å². The second-order valence-electron chi connectivity index (χ2n) is 6.30. The lowest BCUT2D eigenvalue weighted by Gasteiger charge is -2.23. The highest BCUT2D eigenvalue weighted by atomic mass is 16.3. The molecule has 1 unspecified atom stereocenters. The SMILES string of the molecule is Cn1cc(NC(=O)CC(C)(O)c2ccccc2)c(-c2ccccc2)n1. The molecule has 1 amide bonds. The predicted octanol–water partition coefficient (Wildman–Crippen LogP) is 3.32. The summed E-state index contributed by atoms with van der Waals surface area (Å²) in [7, 11) is 1.81. The summed E-state index contributed by atoms with van der Waals surface area (Å²) in [4.78, 5) is 12.5. The van der Waals surface area contributed by atoms with E-state index >= 15 is 0 Å². The molecular weight excluding hydrogens is 314 g/mol. The number of nitrogens with zero attached hydrogens (tertiary/aromatic N) is 2. The van der Waals surface area contributed by atoms with Crippen molar-refractivity contribution < 1.29 is 9.90 Å². The molecule has 0 aliphatic heterocycles. The first kappa shape index (κ1) is 16.9. The van der Waals surface area contributed by atoms with Crippen LogP contribution in [0.2, 0.25) is 0 Å². The molecule has 2 N–H and O–H groups in total. The van der Waals surface area contributed by atoms with E-state index in [0.29, 0.717) is 16.9 Å². The van der Waals surface area contributed by atoms with E-state index in [1.54, 1.807) is 17.8 Å². The molecule has 0 bridgehead atoms. The van der Waals surface area contributed by atoms with Crippen LogP contribution in [0.15, 0.2) is 66.9 Å². The molecule has 0 aliphatic rings. The van der Waals surface area contributed by atoms with Crippen molar-refractivity contribution in [3.8, 4) is 11.3 Å². The number of aliphatic hydroxyl groups is 1. The quantitative estimate of drug-likeness (QED) is 0.751. The number of aromatic nitrogens is 2. The topological polar surface area (TPSA) is 67.2 Å². The summed E-state index contributed by atoms with van der Waals surface area (Å²) in [5.74, 6) is -0.265. The first-order valence-corrected chi connectivity index (χ1v) is 8.12. The Hall–Kier alpha value is -2.92. The molecule has 0 saturated heterocycles. The lowest BCUT2D eigenvalue weighted by molar-refractivity contribution is -0.120. The molecular formula is C20H21N3O2. The van der Waals surface area contributed by atoms with Crippen molar-refractivity contribution in [2.75, 3.05) is 5.32 Å². The molecule has 0 spiro atoms. The van der Waals surface area contributed by atoms with Gasteiger partial charge in [0.25, 0.3) is 0 Å². The molecule has 2 aromatic carbocycles. The Morgan fingerprint density at radius 1 is 1.12 bits per heavy atom. The van der Waals surface area contributed by atoms with Crippen LogP contribution in [-0.2, 0) is 17.4 Å². The van der Waals surface area contributed by atoms with Crippen LogP contribution in [0.4, 0.5) is 5.69 Å². The van der Waals surface area contributed by atoms with Gasteiger partial charge in [-0.2, -0.15) is 5.10 Å². The minimum Gasteiger partial charge on any atom is -0.385 e. The predicted molar refractivity (Wildman–Crippen MR) is 97.9 cm³/mol. The Labute approximate surface area is 146 Å². The van der Waals surface area contributed by atoms with Gasteiger partial charge in [0.2, 0.25) is 5.91 Å². The van der Waals surface area contributed by atoms with Gasteiger partial charge in [-0.15, -0.1) is 0 Å². The van der Waals surface area contributed by atoms with E-state index in [1.165, 1.54) is 0 Å². The van der Waals surface area contributed by atoms with Crippen molar-refractivity contribution in [3.05, 3.63) is 72.4 Å². The maximum absolute atomic E-state index is 12.5.